The van der Waals surface area contributed by atoms with Gasteiger partial charge in [-0.2, -0.15) is 13.2 Å². The van der Waals surface area contributed by atoms with Gasteiger partial charge in [-0.3, -0.25) is 4.79 Å². The fourth-order valence-corrected chi connectivity index (χ4v) is 5.60. The Labute approximate surface area is 233 Å². The van der Waals surface area contributed by atoms with Gasteiger partial charge in [0.05, 0.1) is 30.3 Å². The molecular formula is C26H37F3N6O4S. The average Bonchev–Trinajstić information content (AvgIpc) is 2.87. The summed E-state index contributed by atoms with van der Waals surface area (Å²) in [6.07, 6.45) is -0.214. The minimum Gasteiger partial charge on any atom is -0.495 e. The lowest BCUT2D eigenvalue weighted by molar-refractivity contribution is -0.138. The lowest BCUT2D eigenvalue weighted by Crippen LogP contribution is -2.44. The molecule has 1 aromatic carbocycles. The van der Waals surface area contributed by atoms with Crippen LogP contribution in [0, 0.1) is 5.92 Å². The van der Waals surface area contributed by atoms with E-state index < -0.39 is 27.8 Å². The molecule has 3 rings (SSSR count). The number of nitrogens with one attached hydrogen (secondary N) is 2. The molecule has 14 heteroatoms. The molecule has 0 saturated heterocycles. The Morgan fingerprint density at radius 1 is 1.18 bits per heavy atom. The molecule has 0 spiro atoms. The maximum atomic E-state index is 13.9. The van der Waals surface area contributed by atoms with Crippen molar-refractivity contribution < 1.29 is 31.1 Å². The van der Waals surface area contributed by atoms with Crippen molar-refractivity contribution >= 4 is 27.6 Å². The third-order valence-corrected chi connectivity index (χ3v) is 8.36. The number of carbonyl (C=O) groups is 1. The summed E-state index contributed by atoms with van der Waals surface area (Å²) in [5, 5.41) is 5.71. The van der Waals surface area contributed by atoms with Crippen molar-refractivity contribution in [2.24, 2.45) is 5.92 Å². The molecule has 0 bridgehead atoms. The molecule has 2 aromatic rings. The van der Waals surface area contributed by atoms with Gasteiger partial charge in [0, 0.05) is 37.9 Å². The van der Waals surface area contributed by atoms with E-state index in [1.54, 1.807) is 12.1 Å². The van der Waals surface area contributed by atoms with Crippen molar-refractivity contribution in [2.45, 2.75) is 44.3 Å². The Bertz CT molecular complexity index is 1290. The van der Waals surface area contributed by atoms with Gasteiger partial charge >= 0.3 is 6.18 Å². The van der Waals surface area contributed by atoms with E-state index in [4.69, 9.17) is 4.74 Å². The SMILES string of the molecule is COc1ccc(C(=O)NCCN(C)C)cc1Nc1ncc(C(F)(F)F)c(C[C@@H]2CCCC[C@H]2N(C)S(C)(=O)=O)n1. The molecule has 2 atom stereocenters. The van der Waals surface area contributed by atoms with Gasteiger partial charge in [0.2, 0.25) is 16.0 Å². The molecule has 2 N–H and O–H groups in total. The number of likely N-dealkylation sites (N-methyl/N-ethyl adjacent to an activating group) is 1. The summed E-state index contributed by atoms with van der Waals surface area (Å²) in [4.78, 5) is 22.7. The topological polar surface area (TPSA) is 117 Å². The van der Waals surface area contributed by atoms with E-state index in [1.165, 1.54) is 24.5 Å². The molecule has 1 fully saturated rings. The van der Waals surface area contributed by atoms with Crippen LogP contribution in [0.4, 0.5) is 24.8 Å². The van der Waals surface area contributed by atoms with Crippen LogP contribution >= 0.6 is 0 Å². The molecule has 1 aromatic heterocycles. The second-order valence-corrected chi connectivity index (χ2v) is 12.3. The minimum absolute atomic E-state index is 0.0674. The third kappa shape index (κ3) is 8.27. The Morgan fingerprint density at radius 2 is 1.88 bits per heavy atom. The molecule has 0 unspecified atom stereocenters. The molecule has 1 aliphatic rings. The number of sulfonamides is 1. The fraction of sp³-hybridized carbons (Fsp3) is 0.577. The van der Waals surface area contributed by atoms with E-state index in [-0.39, 0.29) is 29.9 Å². The first-order valence-corrected chi connectivity index (χ1v) is 14.8. The second-order valence-electron chi connectivity index (χ2n) is 10.2. The molecule has 0 aliphatic heterocycles. The van der Waals surface area contributed by atoms with E-state index in [9.17, 15) is 26.4 Å². The van der Waals surface area contributed by atoms with Crippen LogP contribution in [-0.2, 0) is 22.6 Å². The second kappa shape index (κ2) is 13.1. The van der Waals surface area contributed by atoms with Crippen LogP contribution in [0.15, 0.2) is 24.4 Å². The fourth-order valence-electron chi connectivity index (χ4n) is 4.83. The van der Waals surface area contributed by atoms with Gasteiger partial charge in [-0.25, -0.2) is 22.7 Å². The number of ether oxygens (including phenoxy) is 1. The number of halogens is 3. The highest BCUT2D eigenvalue weighted by molar-refractivity contribution is 7.88. The molecule has 222 valence electrons. The number of rotatable bonds is 11. The smallest absolute Gasteiger partial charge is 0.419 e. The summed E-state index contributed by atoms with van der Waals surface area (Å²) in [6, 6.07) is 4.24. The van der Waals surface area contributed by atoms with Crippen molar-refractivity contribution in [2.75, 3.05) is 52.9 Å². The van der Waals surface area contributed by atoms with Crippen molar-refractivity contribution in [3.63, 3.8) is 0 Å². The number of hydrogen-bond donors (Lipinski definition) is 2. The number of anilines is 2. The highest BCUT2D eigenvalue weighted by Gasteiger charge is 2.38. The summed E-state index contributed by atoms with van der Waals surface area (Å²) >= 11 is 0. The maximum Gasteiger partial charge on any atom is 0.419 e. The van der Waals surface area contributed by atoms with Gasteiger partial charge in [0.25, 0.3) is 5.91 Å². The summed E-state index contributed by atoms with van der Waals surface area (Å²) in [5.74, 6) is -0.423. The van der Waals surface area contributed by atoms with E-state index in [2.05, 4.69) is 20.6 Å². The Balaban J connectivity index is 1.92. The van der Waals surface area contributed by atoms with Crippen LogP contribution in [0.1, 0.15) is 47.3 Å². The average molecular weight is 587 g/mol. The van der Waals surface area contributed by atoms with Gasteiger partial charge in [-0.1, -0.05) is 12.8 Å². The summed E-state index contributed by atoms with van der Waals surface area (Å²) in [6.45, 7) is 1.08. The number of alkyl halides is 3. The Hall–Kier alpha value is -2.97. The number of aromatic nitrogens is 2. The molecular weight excluding hydrogens is 549 g/mol. The van der Waals surface area contributed by atoms with Crippen molar-refractivity contribution in [3.05, 3.63) is 41.2 Å². The lowest BCUT2D eigenvalue weighted by Gasteiger charge is -2.37. The van der Waals surface area contributed by atoms with Crippen LogP contribution in [0.2, 0.25) is 0 Å². The highest BCUT2D eigenvalue weighted by Crippen LogP contribution is 2.37. The quantitative estimate of drug-likeness (QED) is 0.411. The lowest BCUT2D eigenvalue weighted by atomic mass is 9.81. The Morgan fingerprint density at radius 3 is 2.50 bits per heavy atom. The van der Waals surface area contributed by atoms with Crippen LogP contribution in [-0.4, -0.2) is 87.1 Å². The van der Waals surface area contributed by atoms with Crippen molar-refractivity contribution in [1.29, 1.82) is 0 Å². The molecule has 1 heterocycles. The third-order valence-electron chi connectivity index (χ3n) is 7.04. The van der Waals surface area contributed by atoms with Crippen LogP contribution < -0.4 is 15.4 Å². The first-order valence-electron chi connectivity index (χ1n) is 12.9. The molecule has 1 amide bonds. The number of methoxy groups -OCH3 is 1. The standard InChI is InChI=1S/C26H37F3N6O4S/c1-34(2)13-12-30-24(36)18-10-11-23(39-4)21(15-18)33-25-31-16-19(26(27,28)29)20(32-25)14-17-8-6-7-9-22(17)35(3)40(5,37)38/h10-11,15-17,22H,6-9,12-14H2,1-5H3,(H,30,36)(H,31,32,33)/t17-,22+/m0/s1. The molecule has 1 saturated carbocycles. The van der Waals surface area contributed by atoms with Gasteiger partial charge in [0.15, 0.2) is 0 Å². The Kier molecular flexibility index (Phi) is 10.4. The van der Waals surface area contributed by atoms with Crippen molar-refractivity contribution in [3.8, 4) is 5.75 Å². The van der Waals surface area contributed by atoms with Gasteiger partial charge < -0.3 is 20.3 Å². The number of nitrogens with zero attached hydrogens (tertiary/aromatic N) is 4. The largest absolute Gasteiger partial charge is 0.495 e. The highest BCUT2D eigenvalue weighted by atomic mass is 32.2. The van der Waals surface area contributed by atoms with Gasteiger partial charge in [-0.05, 0) is 57.5 Å². The molecule has 1 aliphatic carbocycles. The zero-order valence-electron chi connectivity index (χ0n) is 23.4. The molecule has 10 nitrogen and oxygen atoms in total. The number of amides is 1. The zero-order chi connectivity index (χ0) is 29.7. The van der Waals surface area contributed by atoms with Gasteiger partial charge in [-0.15, -0.1) is 0 Å². The maximum absolute atomic E-state index is 13.9. The monoisotopic (exact) mass is 586 g/mol. The predicted octanol–water partition coefficient (Wildman–Crippen LogP) is 3.53. The number of carbonyl (C=O) groups excluding carboxylic acids is 1. The normalized spacial score (nSPS) is 18.1. The first kappa shape index (κ1) is 31.6. The summed E-state index contributed by atoms with van der Waals surface area (Å²) in [5.41, 5.74) is -0.561. The van der Waals surface area contributed by atoms with Crippen LogP contribution in [0.3, 0.4) is 0 Å². The van der Waals surface area contributed by atoms with Crippen molar-refractivity contribution in [1.82, 2.24) is 24.5 Å². The molecule has 40 heavy (non-hydrogen) atoms. The molecule has 0 radical (unpaired) electrons. The van der Waals surface area contributed by atoms with Gasteiger partial charge in [0.1, 0.15) is 5.75 Å². The number of benzene rings is 1. The zero-order valence-corrected chi connectivity index (χ0v) is 24.2. The van der Waals surface area contributed by atoms with E-state index in [1.807, 2.05) is 19.0 Å². The van der Waals surface area contributed by atoms with Crippen LogP contribution in [0.25, 0.3) is 0 Å². The van der Waals surface area contributed by atoms with E-state index in [0.717, 1.165) is 25.3 Å². The predicted molar refractivity (Wildman–Crippen MR) is 146 cm³/mol. The summed E-state index contributed by atoms with van der Waals surface area (Å²) in [7, 11) is 3.14. The van der Waals surface area contributed by atoms with E-state index in [0.29, 0.717) is 42.9 Å². The van der Waals surface area contributed by atoms with E-state index >= 15 is 0 Å². The van der Waals surface area contributed by atoms with Crippen LogP contribution in [0.5, 0.6) is 5.75 Å². The number of hydrogen-bond acceptors (Lipinski definition) is 8. The first-order chi connectivity index (χ1) is 18.7. The minimum atomic E-state index is -4.69. The summed E-state index contributed by atoms with van der Waals surface area (Å²) < 4.78 is 72.9.